The van der Waals surface area contributed by atoms with E-state index < -0.39 is 11.9 Å². The molecule has 5 heteroatoms. The lowest BCUT2D eigenvalue weighted by molar-refractivity contribution is -0.150. The van der Waals surface area contributed by atoms with Crippen LogP contribution in [0.15, 0.2) is 24.5 Å². The number of hydrogen-bond acceptors (Lipinski definition) is 3. The molecule has 0 bridgehead atoms. The molecule has 1 aliphatic rings. The third-order valence-electron chi connectivity index (χ3n) is 4.13. The summed E-state index contributed by atoms with van der Waals surface area (Å²) in [7, 11) is 0. The third-order valence-corrected chi connectivity index (χ3v) is 4.13. The van der Waals surface area contributed by atoms with Gasteiger partial charge in [0.15, 0.2) is 0 Å². The summed E-state index contributed by atoms with van der Waals surface area (Å²) in [6.45, 7) is 4.39. The molecule has 114 valence electrons. The van der Waals surface area contributed by atoms with Gasteiger partial charge in [-0.3, -0.25) is 14.6 Å². The van der Waals surface area contributed by atoms with E-state index in [0.29, 0.717) is 19.4 Å². The van der Waals surface area contributed by atoms with Crippen LogP contribution in [0, 0.1) is 11.8 Å². The van der Waals surface area contributed by atoms with E-state index in [4.69, 9.17) is 0 Å². The number of carboxylic acids is 1. The van der Waals surface area contributed by atoms with Crippen LogP contribution in [0.25, 0.3) is 0 Å². The van der Waals surface area contributed by atoms with E-state index in [9.17, 15) is 14.7 Å². The van der Waals surface area contributed by atoms with E-state index in [0.717, 1.165) is 12.0 Å². The summed E-state index contributed by atoms with van der Waals surface area (Å²) >= 11 is 0. The highest BCUT2D eigenvalue weighted by Gasteiger charge is 2.40. The van der Waals surface area contributed by atoms with Crippen LogP contribution in [0.4, 0.5) is 0 Å². The van der Waals surface area contributed by atoms with Crippen molar-refractivity contribution in [3.8, 4) is 0 Å². The van der Waals surface area contributed by atoms with E-state index in [1.807, 2.05) is 26.0 Å². The SMILES string of the molecule is CC(C)N(Cc1cccnc1)C(=O)C1CCCC1C(=O)O. The Morgan fingerprint density at radius 3 is 2.67 bits per heavy atom. The number of pyridine rings is 1. The number of carboxylic acid groups (broad SMARTS) is 1. The van der Waals surface area contributed by atoms with Gasteiger partial charge in [-0.2, -0.15) is 0 Å². The fourth-order valence-electron chi connectivity index (χ4n) is 2.97. The van der Waals surface area contributed by atoms with Gasteiger partial charge in [0.1, 0.15) is 0 Å². The maximum Gasteiger partial charge on any atom is 0.307 e. The van der Waals surface area contributed by atoms with Gasteiger partial charge >= 0.3 is 5.97 Å². The number of amides is 1. The molecule has 0 aromatic carbocycles. The van der Waals surface area contributed by atoms with Gasteiger partial charge in [-0.15, -0.1) is 0 Å². The van der Waals surface area contributed by atoms with Crippen molar-refractivity contribution in [2.75, 3.05) is 0 Å². The number of carbonyl (C=O) groups is 2. The average Bonchev–Trinajstić information content (AvgIpc) is 2.94. The predicted molar refractivity (Wildman–Crippen MR) is 78.4 cm³/mol. The first-order chi connectivity index (χ1) is 10.0. The maximum atomic E-state index is 12.7. The first-order valence-corrected chi connectivity index (χ1v) is 7.43. The second-order valence-electron chi connectivity index (χ2n) is 5.90. The van der Waals surface area contributed by atoms with Crippen molar-refractivity contribution in [3.63, 3.8) is 0 Å². The van der Waals surface area contributed by atoms with Crippen LogP contribution in [-0.2, 0) is 16.1 Å². The highest BCUT2D eigenvalue weighted by atomic mass is 16.4. The Labute approximate surface area is 125 Å². The zero-order valence-corrected chi connectivity index (χ0v) is 12.5. The minimum Gasteiger partial charge on any atom is -0.481 e. The lowest BCUT2D eigenvalue weighted by Gasteiger charge is -2.30. The zero-order chi connectivity index (χ0) is 15.4. The van der Waals surface area contributed by atoms with Crippen LogP contribution in [0.1, 0.15) is 38.7 Å². The second kappa shape index (κ2) is 6.70. The number of rotatable bonds is 5. The molecule has 2 unspecified atom stereocenters. The molecule has 2 rings (SSSR count). The van der Waals surface area contributed by atoms with Gasteiger partial charge in [-0.05, 0) is 38.3 Å². The minimum atomic E-state index is -0.851. The Morgan fingerprint density at radius 1 is 1.38 bits per heavy atom. The molecule has 1 heterocycles. The van der Waals surface area contributed by atoms with Gasteiger partial charge in [0.2, 0.25) is 5.91 Å². The molecule has 1 fully saturated rings. The summed E-state index contributed by atoms with van der Waals surface area (Å²) in [6, 6.07) is 3.81. The van der Waals surface area contributed by atoms with Gasteiger partial charge in [0, 0.05) is 25.0 Å². The lowest BCUT2D eigenvalue weighted by Crippen LogP contribution is -2.42. The van der Waals surface area contributed by atoms with Crippen molar-refractivity contribution in [3.05, 3.63) is 30.1 Å². The van der Waals surface area contributed by atoms with E-state index in [2.05, 4.69) is 4.98 Å². The highest BCUT2D eigenvalue weighted by molar-refractivity contribution is 5.85. The van der Waals surface area contributed by atoms with Gasteiger partial charge in [0.25, 0.3) is 0 Å². The number of carbonyl (C=O) groups excluding carboxylic acids is 1. The minimum absolute atomic E-state index is 0.0350. The molecular formula is C16H22N2O3. The Bertz CT molecular complexity index is 502. The second-order valence-corrected chi connectivity index (χ2v) is 5.90. The van der Waals surface area contributed by atoms with Gasteiger partial charge in [-0.25, -0.2) is 0 Å². The standard InChI is InChI=1S/C16H22N2O3/c1-11(2)18(10-12-5-4-8-17-9-12)15(19)13-6-3-7-14(13)16(20)21/h4-5,8-9,11,13-14H,3,6-7,10H2,1-2H3,(H,20,21). The molecule has 1 aromatic heterocycles. The van der Waals surface area contributed by atoms with Crippen LogP contribution in [0.5, 0.6) is 0 Å². The molecule has 1 N–H and O–H groups in total. The molecule has 0 spiro atoms. The maximum absolute atomic E-state index is 12.7. The molecule has 1 aromatic rings. The molecule has 5 nitrogen and oxygen atoms in total. The van der Waals surface area contributed by atoms with Crippen LogP contribution in [0.3, 0.4) is 0 Å². The quantitative estimate of drug-likeness (QED) is 0.903. The Balaban J connectivity index is 2.14. The van der Waals surface area contributed by atoms with Crippen molar-refractivity contribution in [2.45, 2.75) is 45.7 Å². The largest absolute Gasteiger partial charge is 0.481 e. The summed E-state index contributed by atoms with van der Waals surface area (Å²) in [5, 5.41) is 9.26. The predicted octanol–water partition coefficient (Wildman–Crippen LogP) is 2.32. The number of hydrogen-bond donors (Lipinski definition) is 1. The summed E-state index contributed by atoms with van der Waals surface area (Å²) in [6.07, 6.45) is 5.53. The van der Waals surface area contributed by atoms with Crippen LogP contribution >= 0.6 is 0 Å². The zero-order valence-electron chi connectivity index (χ0n) is 12.5. The molecule has 0 radical (unpaired) electrons. The van der Waals surface area contributed by atoms with Crippen molar-refractivity contribution < 1.29 is 14.7 Å². The molecule has 1 aliphatic carbocycles. The fraction of sp³-hybridized carbons (Fsp3) is 0.562. The third kappa shape index (κ3) is 3.60. The molecule has 0 aliphatic heterocycles. The highest BCUT2D eigenvalue weighted by Crippen LogP contribution is 2.34. The summed E-state index contributed by atoms with van der Waals surface area (Å²) in [5.41, 5.74) is 0.962. The van der Waals surface area contributed by atoms with Crippen LogP contribution in [0.2, 0.25) is 0 Å². The van der Waals surface area contributed by atoms with E-state index in [1.54, 1.807) is 17.3 Å². The summed E-state index contributed by atoms with van der Waals surface area (Å²) in [4.78, 5) is 29.9. The van der Waals surface area contributed by atoms with Crippen LogP contribution in [-0.4, -0.2) is 32.9 Å². The first-order valence-electron chi connectivity index (χ1n) is 7.43. The summed E-state index contributed by atoms with van der Waals surface area (Å²) < 4.78 is 0. The first kappa shape index (κ1) is 15.5. The molecule has 0 saturated heterocycles. The van der Waals surface area contributed by atoms with E-state index in [1.165, 1.54) is 0 Å². The van der Waals surface area contributed by atoms with Gasteiger partial charge < -0.3 is 10.0 Å². The van der Waals surface area contributed by atoms with Crippen molar-refractivity contribution in [2.24, 2.45) is 11.8 Å². The molecule has 1 saturated carbocycles. The summed E-state index contributed by atoms with van der Waals surface area (Å²) in [5.74, 6) is -1.82. The monoisotopic (exact) mass is 290 g/mol. The molecular weight excluding hydrogens is 268 g/mol. The number of nitrogens with zero attached hydrogens (tertiary/aromatic N) is 2. The molecule has 21 heavy (non-hydrogen) atoms. The topological polar surface area (TPSA) is 70.5 Å². The van der Waals surface area contributed by atoms with Crippen molar-refractivity contribution in [1.29, 1.82) is 0 Å². The number of aliphatic carboxylic acids is 1. The van der Waals surface area contributed by atoms with Crippen LogP contribution < -0.4 is 0 Å². The van der Waals surface area contributed by atoms with Crippen molar-refractivity contribution in [1.82, 2.24) is 9.88 Å². The fourth-order valence-corrected chi connectivity index (χ4v) is 2.97. The normalized spacial score (nSPS) is 21.5. The number of aromatic nitrogens is 1. The lowest BCUT2D eigenvalue weighted by atomic mass is 9.94. The van der Waals surface area contributed by atoms with Crippen molar-refractivity contribution >= 4 is 11.9 Å². The smallest absolute Gasteiger partial charge is 0.307 e. The van der Waals surface area contributed by atoms with Gasteiger partial charge in [-0.1, -0.05) is 12.5 Å². The van der Waals surface area contributed by atoms with E-state index in [-0.39, 0.29) is 17.9 Å². The molecule has 1 amide bonds. The van der Waals surface area contributed by atoms with Gasteiger partial charge in [0.05, 0.1) is 11.8 Å². The van der Waals surface area contributed by atoms with E-state index >= 15 is 0 Å². The Kier molecular flexibility index (Phi) is 4.94. The molecule has 2 atom stereocenters. The Hall–Kier alpha value is -1.91. The Morgan fingerprint density at radius 2 is 2.10 bits per heavy atom. The average molecular weight is 290 g/mol.